The minimum Gasteiger partial charge on any atom is -0.357 e. The Hall–Kier alpha value is -0.510. The van der Waals surface area contributed by atoms with E-state index in [1.807, 2.05) is 11.9 Å². The highest BCUT2D eigenvalue weighted by atomic mass is 35.5. The van der Waals surface area contributed by atoms with Crippen molar-refractivity contribution in [2.24, 2.45) is 0 Å². The van der Waals surface area contributed by atoms with E-state index in [4.69, 9.17) is 23.2 Å². The van der Waals surface area contributed by atoms with Gasteiger partial charge in [0, 0.05) is 26.3 Å². The maximum Gasteiger partial charge on any atom is 0.147 e. The number of hydrogen-bond donors (Lipinski definition) is 1. The summed E-state index contributed by atoms with van der Waals surface area (Å²) in [5, 5.41) is 4.48. The average Bonchev–Trinajstić information content (AvgIpc) is 2.24. The molecule has 0 aromatic carbocycles. The number of likely N-dealkylation sites (N-methyl/N-ethyl adjacent to an activating group) is 1. The summed E-state index contributed by atoms with van der Waals surface area (Å²) in [6.07, 6.45) is 2.75. The predicted octanol–water partition coefficient (Wildman–Crippen LogP) is 2.82. The first kappa shape index (κ1) is 13.6. The molecule has 1 heterocycles. The SMILES string of the molecule is CCCNCCN(C)c1ncc(Cl)cc1Cl. The molecule has 0 radical (unpaired) electrons. The molecule has 3 nitrogen and oxygen atoms in total. The van der Waals surface area contributed by atoms with Crippen LogP contribution in [-0.4, -0.2) is 31.7 Å². The van der Waals surface area contributed by atoms with E-state index < -0.39 is 0 Å². The first-order chi connectivity index (χ1) is 7.65. The lowest BCUT2D eigenvalue weighted by Gasteiger charge is -2.19. The van der Waals surface area contributed by atoms with E-state index >= 15 is 0 Å². The van der Waals surface area contributed by atoms with Crippen LogP contribution >= 0.6 is 23.2 Å². The summed E-state index contributed by atoms with van der Waals surface area (Å²) in [4.78, 5) is 6.23. The predicted molar refractivity (Wildman–Crippen MR) is 70.7 cm³/mol. The second kappa shape index (κ2) is 6.94. The van der Waals surface area contributed by atoms with Gasteiger partial charge in [0.15, 0.2) is 0 Å². The average molecular weight is 262 g/mol. The summed E-state index contributed by atoms with van der Waals surface area (Å²) in [6.45, 7) is 4.98. The van der Waals surface area contributed by atoms with E-state index in [0.29, 0.717) is 10.0 Å². The monoisotopic (exact) mass is 261 g/mol. The first-order valence-electron chi connectivity index (χ1n) is 5.38. The lowest BCUT2D eigenvalue weighted by atomic mass is 10.4. The van der Waals surface area contributed by atoms with Gasteiger partial charge in [0.2, 0.25) is 0 Å². The van der Waals surface area contributed by atoms with Gasteiger partial charge in [-0.3, -0.25) is 0 Å². The standard InChI is InChI=1S/C11H17Cl2N3/c1-3-4-14-5-6-16(2)11-10(13)7-9(12)8-15-11/h7-8,14H,3-6H2,1-2H3. The Labute approximate surface area is 107 Å². The van der Waals surface area contributed by atoms with Crippen molar-refractivity contribution in [1.29, 1.82) is 0 Å². The van der Waals surface area contributed by atoms with Gasteiger partial charge in [-0.2, -0.15) is 0 Å². The van der Waals surface area contributed by atoms with Crippen LogP contribution in [-0.2, 0) is 0 Å². The van der Waals surface area contributed by atoms with E-state index in [0.717, 1.165) is 31.9 Å². The molecular weight excluding hydrogens is 245 g/mol. The van der Waals surface area contributed by atoms with E-state index in [2.05, 4.69) is 17.2 Å². The molecule has 1 N–H and O–H groups in total. The topological polar surface area (TPSA) is 28.2 Å². The summed E-state index contributed by atoms with van der Waals surface area (Å²) in [6, 6.07) is 1.71. The normalized spacial score (nSPS) is 10.5. The maximum atomic E-state index is 6.06. The highest BCUT2D eigenvalue weighted by Crippen LogP contribution is 2.24. The molecule has 0 saturated carbocycles. The second-order valence-corrected chi connectivity index (χ2v) is 4.47. The number of nitrogens with one attached hydrogen (secondary N) is 1. The smallest absolute Gasteiger partial charge is 0.147 e. The largest absolute Gasteiger partial charge is 0.357 e. The molecule has 0 fully saturated rings. The van der Waals surface area contributed by atoms with Gasteiger partial charge in [-0.25, -0.2) is 4.98 Å². The summed E-state index contributed by atoms with van der Waals surface area (Å²) in [7, 11) is 1.97. The number of anilines is 1. The minimum atomic E-state index is 0.561. The first-order valence-corrected chi connectivity index (χ1v) is 6.13. The zero-order chi connectivity index (χ0) is 12.0. The van der Waals surface area contributed by atoms with Crippen LogP contribution in [0, 0.1) is 0 Å². The fourth-order valence-electron chi connectivity index (χ4n) is 1.34. The van der Waals surface area contributed by atoms with Gasteiger partial charge < -0.3 is 10.2 Å². The van der Waals surface area contributed by atoms with Gasteiger partial charge in [-0.15, -0.1) is 0 Å². The minimum absolute atomic E-state index is 0.561. The number of rotatable bonds is 6. The van der Waals surface area contributed by atoms with E-state index in [9.17, 15) is 0 Å². The summed E-state index contributed by atoms with van der Waals surface area (Å²) < 4.78 is 0. The second-order valence-electron chi connectivity index (χ2n) is 3.63. The number of hydrogen-bond acceptors (Lipinski definition) is 3. The van der Waals surface area contributed by atoms with E-state index in [1.54, 1.807) is 12.3 Å². The Morgan fingerprint density at radius 3 is 2.75 bits per heavy atom. The molecule has 1 aromatic rings. The Morgan fingerprint density at radius 2 is 2.12 bits per heavy atom. The van der Waals surface area contributed by atoms with Gasteiger partial charge in [0.25, 0.3) is 0 Å². The third-order valence-corrected chi connectivity index (χ3v) is 2.69. The van der Waals surface area contributed by atoms with E-state index in [-0.39, 0.29) is 0 Å². The highest BCUT2D eigenvalue weighted by Gasteiger charge is 2.07. The Bertz CT molecular complexity index is 331. The molecule has 0 unspecified atom stereocenters. The van der Waals surface area contributed by atoms with Gasteiger partial charge >= 0.3 is 0 Å². The summed E-state index contributed by atoms with van der Waals surface area (Å²) in [5.41, 5.74) is 0. The van der Waals surface area contributed by atoms with Crippen molar-refractivity contribution in [3.63, 3.8) is 0 Å². The third kappa shape index (κ3) is 4.16. The Kier molecular flexibility index (Phi) is 5.88. The molecule has 0 aliphatic heterocycles. The summed E-state index contributed by atoms with van der Waals surface area (Å²) >= 11 is 11.8. The van der Waals surface area contributed by atoms with E-state index in [1.165, 1.54) is 0 Å². The molecule has 1 aromatic heterocycles. The molecule has 0 aliphatic rings. The molecular formula is C11H17Cl2N3. The van der Waals surface area contributed by atoms with Crippen molar-refractivity contribution in [2.75, 3.05) is 31.6 Å². The van der Waals surface area contributed by atoms with Crippen LogP contribution in [0.15, 0.2) is 12.3 Å². The van der Waals surface area contributed by atoms with Gasteiger partial charge in [-0.1, -0.05) is 30.1 Å². The van der Waals surface area contributed by atoms with Crippen LogP contribution in [0.1, 0.15) is 13.3 Å². The van der Waals surface area contributed by atoms with Crippen molar-refractivity contribution >= 4 is 29.0 Å². The van der Waals surface area contributed by atoms with Crippen LogP contribution in [0.3, 0.4) is 0 Å². The van der Waals surface area contributed by atoms with Gasteiger partial charge in [0.05, 0.1) is 10.0 Å². The Balaban J connectivity index is 2.49. The number of nitrogens with zero attached hydrogens (tertiary/aromatic N) is 2. The van der Waals surface area contributed by atoms with Crippen molar-refractivity contribution in [2.45, 2.75) is 13.3 Å². The molecule has 0 atom stereocenters. The van der Waals surface area contributed by atoms with Crippen molar-refractivity contribution in [3.05, 3.63) is 22.3 Å². The molecule has 5 heteroatoms. The maximum absolute atomic E-state index is 6.06. The Morgan fingerprint density at radius 1 is 1.38 bits per heavy atom. The van der Waals surface area contributed by atoms with Crippen LogP contribution in [0.2, 0.25) is 10.0 Å². The molecule has 0 spiro atoms. The van der Waals surface area contributed by atoms with Crippen molar-refractivity contribution in [3.8, 4) is 0 Å². The number of aromatic nitrogens is 1. The highest BCUT2D eigenvalue weighted by molar-refractivity contribution is 6.35. The molecule has 0 aliphatic carbocycles. The van der Waals surface area contributed by atoms with Crippen LogP contribution < -0.4 is 10.2 Å². The molecule has 1 rings (SSSR count). The van der Waals surface area contributed by atoms with Crippen molar-refractivity contribution < 1.29 is 0 Å². The fraction of sp³-hybridized carbons (Fsp3) is 0.545. The molecule has 0 bridgehead atoms. The zero-order valence-corrected chi connectivity index (χ0v) is 11.1. The quantitative estimate of drug-likeness (QED) is 0.799. The lowest BCUT2D eigenvalue weighted by Crippen LogP contribution is -2.30. The number of halogens is 2. The van der Waals surface area contributed by atoms with Crippen molar-refractivity contribution in [1.82, 2.24) is 10.3 Å². The summed E-state index contributed by atoms with van der Waals surface area (Å²) in [5.74, 6) is 0.768. The fourth-order valence-corrected chi connectivity index (χ4v) is 1.87. The van der Waals surface area contributed by atoms with Crippen LogP contribution in [0.5, 0.6) is 0 Å². The van der Waals surface area contributed by atoms with Crippen LogP contribution in [0.25, 0.3) is 0 Å². The molecule has 90 valence electrons. The lowest BCUT2D eigenvalue weighted by molar-refractivity contribution is 0.664. The molecule has 16 heavy (non-hydrogen) atoms. The van der Waals surface area contributed by atoms with Crippen LogP contribution in [0.4, 0.5) is 5.82 Å². The molecule has 0 amide bonds. The van der Waals surface area contributed by atoms with Gasteiger partial charge in [-0.05, 0) is 19.0 Å². The third-order valence-electron chi connectivity index (χ3n) is 2.20. The van der Waals surface area contributed by atoms with Gasteiger partial charge in [0.1, 0.15) is 5.82 Å². The number of pyridine rings is 1. The molecule has 0 saturated heterocycles. The zero-order valence-electron chi connectivity index (χ0n) is 9.63.